The lowest BCUT2D eigenvalue weighted by atomic mass is 9.96. The zero-order chi connectivity index (χ0) is 22.8. The van der Waals surface area contributed by atoms with E-state index in [-0.39, 0.29) is 29.3 Å². The van der Waals surface area contributed by atoms with Crippen molar-refractivity contribution >= 4 is 39.2 Å². The third-order valence-corrected chi connectivity index (χ3v) is 6.75. The monoisotopic (exact) mass is 459 g/mol. The summed E-state index contributed by atoms with van der Waals surface area (Å²) in [6, 6.07) is 1.91. The van der Waals surface area contributed by atoms with Crippen LogP contribution >= 0.6 is 11.3 Å². The lowest BCUT2D eigenvalue weighted by molar-refractivity contribution is -0.151. The van der Waals surface area contributed by atoms with Gasteiger partial charge in [-0.2, -0.15) is 0 Å². The predicted molar refractivity (Wildman–Crippen MR) is 122 cm³/mol. The van der Waals surface area contributed by atoms with Gasteiger partial charge in [0.25, 0.3) is 5.56 Å². The van der Waals surface area contributed by atoms with Crippen LogP contribution in [0.5, 0.6) is 0 Å². The van der Waals surface area contributed by atoms with E-state index >= 15 is 0 Å². The molecular formula is C22H29N5O4S. The molecule has 3 aromatic rings. The summed E-state index contributed by atoms with van der Waals surface area (Å²) in [4.78, 5) is 39.5. The molecule has 1 aliphatic heterocycles. The van der Waals surface area contributed by atoms with E-state index in [4.69, 9.17) is 4.74 Å². The van der Waals surface area contributed by atoms with Gasteiger partial charge in [-0.25, -0.2) is 0 Å². The van der Waals surface area contributed by atoms with Gasteiger partial charge in [-0.1, -0.05) is 13.8 Å². The van der Waals surface area contributed by atoms with Crippen LogP contribution in [0.3, 0.4) is 0 Å². The Morgan fingerprint density at radius 1 is 1.25 bits per heavy atom. The van der Waals surface area contributed by atoms with E-state index in [1.165, 1.54) is 11.3 Å². The van der Waals surface area contributed by atoms with Crippen LogP contribution < -0.4 is 5.56 Å². The molecule has 0 aliphatic carbocycles. The van der Waals surface area contributed by atoms with Gasteiger partial charge in [-0.3, -0.25) is 23.4 Å². The number of ether oxygens (including phenoxy) is 1. The number of aromatic nitrogens is 4. The molecule has 0 saturated carbocycles. The van der Waals surface area contributed by atoms with Crippen LogP contribution in [0, 0.1) is 11.8 Å². The lowest BCUT2D eigenvalue weighted by Gasteiger charge is -2.30. The first-order valence-electron chi connectivity index (χ1n) is 11.2. The van der Waals surface area contributed by atoms with E-state index in [1.54, 1.807) is 11.5 Å². The highest BCUT2D eigenvalue weighted by molar-refractivity contribution is 7.17. The molecular weight excluding hydrogens is 430 g/mol. The van der Waals surface area contributed by atoms with E-state index in [1.807, 2.05) is 20.7 Å². The van der Waals surface area contributed by atoms with Crippen LogP contribution in [-0.4, -0.2) is 55.6 Å². The zero-order valence-corrected chi connectivity index (χ0v) is 19.6. The summed E-state index contributed by atoms with van der Waals surface area (Å²) in [5.41, 5.74) is 0.744. The highest BCUT2D eigenvalue weighted by atomic mass is 32.1. The number of esters is 1. The Morgan fingerprint density at radius 3 is 2.69 bits per heavy atom. The summed E-state index contributed by atoms with van der Waals surface area (Å²) in [7, 11) is 0. The van der Waals surface area contributed by atoms with Crippen LogP contribution in [0.2, 0.25) is 0 Å². The molecule has 172 valence electrons. The molecule has 0 aromatic carbocycles. The maximum atomic E-state index is 12.9. The van der Waals surface area contributed by atoms with Gasteiger partial charge in [0.05, 0.1) is 18.0 Å². The minimum absolute atomic E-state index is 0.0427. The van der Waals surface area contributed by atoms with Crippen LogP contribution in [0.4, 0.5) is 0 Å². The first kappa shape index (κ1) is 22.4. The van der Waals surface area contributed by atoms with Crippen molar-refractivity contribution in [3.8, 4) is 0 Å². The number of hydrogen-bond acceptors (Lipinski definition) is 7. The number of aryl methyl sites for hydroxylation is 1. The van der Waals surface area contributed by atoms with Crippen molar-refractivity contribution in [2.75, 3.05) is 19.7 Å². The summed E-state index contributed by atoms with van der Waals surface area (Å²) >= 11 is 1.41. The van der Waals surface area contributed by atoms with Gasteiger partial charge in [0.2, 0.25) is 11.7 Å². The standard InChI is InChI=1S/C22H29N5O4S/c1-4-31-21(30)15-7-10-25(11-8-15)18(28)6-5-17-23-24-22-26(13-14(2)3)20(29)19-16(27(17)22)9-12-32-19/h9,12,14-15H,4-8,10-11,13H2,1-3H3. The fraction of sp³-hybridized carbons (Fsp3) is 0.591. The van der Waals surface area contributed by atoms with Crippen molar-refractivity contribution < 1.29 is 14.3 Å². The predicted octanol–water partition coefficient (Wildman–Crippen LogP) is 2.50. The minimum atomic E-state index is -0.165. The van der Waals surface area contributed by atoms with Crippen LogP contribution in [0.1, 0.15) is 45.9 Å². The smallest absolute Gasteiger partial charge is 0.309 e. The molecule has 32 heavy (non-hydrogen) atoms. The van der Waals surface area contributed by atoms with Crippen LogP contribution in [-0.2, 0) is 27.3 Å². The molecule has 0 radical (unpaired) electrons. The maximum Gasteiger partial charge on any atom is 0.309 e. The Balaban J connectivity index is 1.50. The molecule has 0 bridgehead atoms. The Morgan fingerprint density at radius 2 is 2.00 bits per heavy atom. The molecule has 4 heterocycles. The lowest BCUT2D eigenvalue weighted by Crippen LogP contribution is -2.40. The number of thiophene rings is 1. The molecule has 9 nitrogen and oxygen atoms in total. The average Bonchev–Trinajstić information content (AvgIpc) is 3.42. The van der Waals surface area contributed by atoms with Crippen molar-refractivity contribution in [1.29, 1.82) is 0 Å². The molecule has 0 N–H and O–H groups in total. The van der Waals surface area contributed by atoms with Crippen molar-refractivity contribution in [2.45, 2.75) is 53.0 Å². The van der Waals surface area contributed by atoms with E-state index < -0.39 is 0 Å². The number of amides is 1. The van der Waals surface area contributed by atoms with Gasteiger partial charge >= 0.3 is 5.97 Å². The normalized spacial score (nSPS) is 15.2. The Labute approximate surface area is 190 Å². The molecule has 1 saturated heterocycles. The Kier molecular flexibility index (Phi) is 6.59. The largest absolute Gasteiger partial charge is 0.466 e. The first-order valence-corrected chi connectivity index (χ1v) is 12.1. The maximum absolute atomic E-state index is 12.9. The molecule has 1 fully saturated rings. The van der Waals surface area contributed by atoms with Crippen LogP contribution in [0.15, 0.2) is 16.2 Å². The quantitative estimate of drug-likeness (QED) is 0.504. The van der Waals surface area contributed by atoms with E-state index in [0.29, 0.717) is 68.2 Å². The topological polar surface area (TPSA) is 98.8 Å². The van der Waals surface area contributed by atoms with Crippen molar-refractivity contribution in [3.05, 3.63) is 27.6 Å². The molecule has 1 aliphatic rings. The van der Waals surface area contributed by atoms with E-state index in [9.17, 15) is 14.4 Å². The molecule has 0 spiro atoms. The molecule has 0 unspecified atom stereocenters. The van der Waals surface area contributed by atoms with Crippen LogP contribution in [0.25, 0.3) is 16.0 Å². The van der Waals surface area contributed by atoms with Gasteiger partial charge in [0, 0.05) is 32.5 Å². The SMILES string of the molecule is CCOC(=O)C1CCN(C(=O)CCc2nnc3n(CC(C)C)c(=O)c4sccc4n23)CC1. The van der Waals surface area contributed by atoms with Gasteiger partial charge in [-0.15, -0.1) is 21.5 Å². The van der Waals surface area contributed by atoms with Crippen molar-refractivity contribution in [3.63, 3.8) is 0 Å². The fourth-order valence-corrected chi connectivity index (χ4v) is 5.10. The number of fused-ring (bicyclic) bond motifs is 3. The second-order valence-electron chi connectivity index (χ2n) is 8.60. The average molecular weight is 460 g/mol. The Hall–Kier alpha value is -2.75. The summed E-state index contributed by atoms with van der Waals surface area (Å²) in [6.07, 6.45) is 2.01. The number of likely N-dealkylation sites (tertiary alicyclic amines) is 1. The van der Waals surface area contributed by atoms with Gasteiger partial charge in [0.1, 0.15) is 10.5 Å². The van der Waals surface area contributed by atoms with Crippen molar-refractivity contribution in [1.82, 2.24) is 24.1 Å². The number of hydrogen-bond donors (Lipinski definition) is 0. The Bertz CT molecular complexity index is 1190. The summed E-state index contributed by atoms with van der Waals surface area (Å²) in [5, 5.41) is 10.5. The van der Waals surface area contributed by atoms with Gasteiger partial charge in [0.15, 0.2) is 0 Å². The van der Waals surface area contributed by atoms with Gasteiger partial charge < -0.3 is 9.64 Å². The van der Waals surface area contributed by atoms with E-state index in [0.717, 1.165) is 5.52 Å². The summed E-state index contributed by atoms with van der Waals surface area (Å²) in [5.74, 6) is 1.24. The molecule has 1 amide bonds. The number of carbonyl (C=O) groups excluding carboxylic acids is 2. The van der Waals surface area contributed by atoms with Crippen molar-refractivity contribution in [2.24, 2.45) is 11.8 Å². The molecule has 3 aromatic heterocycles. The highest BCUT2D eigenvalue weighted by Gasteiger charge is 2.28. The van der Waals surface area contributed by atoms with E-state index in [2.05, 4.69) is 24.0 Å². The third kappa shape index (κ3) is 4.28. The second kappa shape index (κ2) is 9.40. The number of piperidine rings is 1. The zero-order valence-electron chi connectivity index (χ0n) is 18.7. The number of rotatable bonds is 7. The second-order valence-corrected chi connectivity index (χ2v) is 9.52. The molecule has 10 heteroatoms. The molecule has 0 atom stereocenters. The summed E-state index contributed by atoms with van der Waals surface area (Å²) in [6.45, 7) is 7.98. The third-order valence-electron chi connectivity index (χ3n) is 5.86. The fourth-order valence-electron chi connectivity index (χ4n) is 4.27. The minimum Gasteiger partial charge on any atom is -0.466 e. The molecule has 4 rings (SSSR count). The number of carbonyl (C=O) groups is 2. The van der Waals surface area contributed by atoms with Gasteiger partial charge in [-0.05, 0) is 37.1 Å². The first-order chi connectivity index (χ1) is 15.4. The highest BCUT2D eigenvalue weighted by Crippen LogP contribution is 2.22. The summed E-state index contributed by atoms with van der Waals surface area (Å²) < 4.78 is 9.37. The number of nitrogens with zero attached hydrogens (tertiary/aromatic N) is 5.